The Balaban J connectivity index is 1.66. The van der Waals surface area contributed by atoms with Gasteiger partial charge < -0.3 is 4.74 Å². The molecule has 0 radical (unpaired) electrons. The minimum Gasteiger partial charge on any atom is -0.497 e. The van der Waals surface area contributed by atoms with Crippen molar-refractivity contribution < 1.29 is 4.74 Å². The van der Waals surface area contributed by atoms with Crippen molar-refractivity contribution in [3.63, 3.8) is 0 Å². The van der Waals surface area contributed by atoms with Crippen LogP contribution in [0.4, 0.5) is 11.4 Å². The molecule has 2 aliphatic heterocycles. The lowest BCUT2D eigenvalue weighted by molar-refractivity contribution is 0.155. The number of aliphatic imine (C=N–C) groups is 1. The summed E-state index contributed by atoms with van der Waals surface area (Å²) in [6.45, 7) is 2.19. The predicted molar refractivity (Wildman–Crippen MR) is 136 cm³/mol. The Kier molecular flexibility index (Phi) is 6.18. The van der Waals surface area contributed by atoms with Crippen molar-refractivity contribution in [1.29, 1.82) is 5.26 Å². The van der Waals surface area contributed by atoms with Gasteiger partial charge in [0.15, 0.2) is 0 Å². The van der Waals surface area contributed by atoms with Gasteiger partial charge in [-0.2, -0.15) is 5.26 Å². The Morgan fingerprint density at radius 1 is 0.970 bits per heavy atom. The highest BCUT2D eigenvalue weighted by atomic mass is 32.1. The van der Waals surface area contributed by atoms with Crippen molar-refractivity contribution >= 4 is 34.4 Å². The standard InChI is InChI=1S/C27H30N4OS/c1-32-23-13-9-21(10-14-23)29-25-24(30-17-5-6-18-30)27(15-3-2-4-16-27)26(33)31(25)22-11-7-20(19-28)8-12-22/h7-14,24H,2-6,15-18H2,1H3/t24-/m1/s1. The number of nitrogens with zero attached hydrogens (tertiary/aromatic N) is 4. The molecule has 0 N–H and O–H groups in total. The van der Waals surface area contributed by atoms with E-state index in [4.69, 9.17) is 21.9 Å². The van der Waals surface area contributed by atoms with Crippen LogP contribution in [0.15, 0.2) is 53.5 Å². The average molecular weight is 459 g/mol. The largest absolute Gasteiger partial charge is 0.497 e. The number of amidine groups is 1. The molecule has 33 heavy (non-hydrogen) atoms. The molecular weight excluding hydrogens is 428 g/mol. The van der Waals surface area contributed by atoms with Crippen LogP contribution in [0.5, 0.6) is 5.75 Å². The van der Waals surface area contributed by atoms with Crippen molar-refractivity contribution in [1.82, 2.24) is 4.90 Å². The zero-order valence-electron chi connectivity index (χ0n) is 19.2. The first-order chi connectivity index (χ1) is 16.2. The normalized spacial score (nSPS) is 23.9. The topological polar surface area (TPSA) is 51.9 Å². The first-order valence-corrected chi connectivity index (χ1v) is 12.4. The molecule has 2 aromatic carbocycles. The number of anilines is 1. The van der Waals surface area contributed by atoms with E-state index in [1.54, 1.807) is 7.11 Å². The molecule has 1 atom stereocenters. The van der Waals surface area contributed by atoms with E-state index in [1.165, 1.54) is 32.1 Å². The van der Waals surface area contributed by atoms with Crippen LogP contribution in [0, 0.1) is 16.7 Å². The molecule has 0 aromatic heterocycles. The van der Waals surface area contributed by atoms with E-state index in [9.17, 15) is 5.26 Å². The monoisotopic (exact) mass is 458 g/mol. The second-order valence-corrected chi connectivity index (χ2v) is 9.72. The van der Waals surface area contributed by atoms with E-state index >= 15 is 0 Å². The van der Waals surface area contributed by atoms with E-state index in [0.717, 1.165) is 53.9 Å². The predicted octanol–water partition coefficient (Wildman–Crippen LogP) is 5.86. The third-order valence-corrected chi connectivity index (χ3v) is 8.04. The van der Waals surface area contributed by atoms with Crippen molar-refractivity contribution in [3.8, 4) is 11.8 Å². The van der Waals surface area contributed by atoms with Crippen molar-refractivity contribution in [2.24, 2.45) is 10.4 Å². The maximum atomic E-state index is 9.29. The molecule has 5 nitrogen and oxygen atoms in total. The second-order valence-electron chi connectivity index (χ2n) is 9.33. The summed E-state index contributed by atoms with van der Waals surface area (Å²) in [5.74, 6) is 1.85. The molecule has 5 rings (SSSR count). The van der Waals surface area contributed by atoms with Crippen LogP contribution >= 0.6 is 12.2 Å². The number of thiocarbonyl (C=S) groups is 1. The van der Waals surface area contributed by atoms with E-state index in [2.05, 4.69) is 15.9 Å². The Bertz CT molecular complexity index is 1070. The maximum Gasteiger partial charge on any atom is 0.133 e. The zero-order chi connectivity index (χ0) is 22.8. The minimum absolute atomic E-state index is 0.0584. The lowest BCUT2D eigenvalue weighted by atomic mass is 9.70. The summed E-state index contributed by atoms with van der Waals surface area (Å²) in [6.07, 6.45) is 8.38. The lowest BCUT2D eigenvalue weighted by Gasteiger charge is -2.41. The van der Waals surface area contributed by atoms with Gasteiger partial charge in [-0.1, -0.05) is 31.5 Å². The van der Waals surface area contributed by atoms with Gasteiger partial charge in [0.1, 0.15) is 11.6 Å². The quantitative estimate of drug-likeness (QED) is 0.537. The molecule has 3 fully saturated rings. The van der Waals surface area contributed by atoms with E-state index < -0.39 is 0 Å². The second kappa shape index (κ2) is 9.24. The Labute approximate surface area is 201 Å². The molecule has 170 valence electrons. The molecule has 1 spiro atoms. The van der Waals surface area contributed by atoms with Crippen LogP contribution < -0.4 is 9.64 Å². The highest BCUT2D eigenvalue weighted by molar-refractivity contribution is 7.80. The van der Waals surface area contributed by atoms with Gasteiger partial charge in [-0.25, -0.2) is 4.99 Å². The number of ether oxygens (including phenoxy) is 1. The fourth-order valence-corrected chi connectivity index (χ4v) is 6.35. The summed E-state index contributed by atoms with van der Waals surface area (Å²) in [4.78, 5) is 11.1. The van der Waals surface area contributed by atoms with Gasteiger partial charge >= 0.3 is 0 Å². The number of hydrogen-bond acceptors (Lipinski definition) is 5. The van der Waals surface area contributed by atoms with Gasteiger partial charge in [0.2, 0.25) is 0 Å². The summed E-state index contributed by atoms with van der Waals surface area (Å²) in [6, 6.07) is 18.1. The van der Waals surface area contributed by atoms with Gasteiger partial charge in [0.25, 0.3) is 0 Å². The molecule has 2 heterocycles. The smallest absolute Gasteiger partial charge is 0.133 e. The summed E-state index contributed by atoms with van der Waals surface area (Å²) in [7, 11) is 1.68. The van der Waals surface area contributed by atoms with Crippen molar-refractivity contribution in [2.45, 2.75) is 51.0 Å². The minimum atomic E-state index is -0.0584. The number of methoxy groups -OCH3 is 1. The summed E-state index contributed by atoms with van der Waals surface area (Å²) < 4.78 is 5.35. The number of nitriles is 1. The zero-order valence-corrected chi connectivity index (χ0v) is 20.0. The van der Waals surface area contributed by atoms with Crippen molar-refractivity contribution in [2.75, 3.05) is 25.1 Å². The first-order valence-electron chi connectivity index (χ1n) is 12.0. The highest BCUT2D eigenvalue weighted by Crippen LogP contribution is 2.50. The third-order valence-electron chi connectivity index (χ3n) is 7.45. The van der Waals surface area contributed by atoms with E-state index in [-0.39, 0.29) is 11.5 Å². The van der Waals surface area contributed by atoms with Crippen LogP contribution in [0.2, 0.25) is 0 Å². The summed E-state index contributed by atoms with van der Waals surface area (Å²) in [5.41, 5.74) is 2.50. The molecule has 0 bridgehead atoms. The van der Waals surface area contributed by atoms with Gasteiger partial charge in [-0.15, -0.1) is 0 Å². The molecule has 0 amide bonds. The van der Waals surface area contributed by atoms with Gasteiger partial charge in [0, 0.05) is 11.1 Å². The molecule has 2 saturated heterocycles. The molecule has 3 aliphatic rings. The number of likely N-dealkylation sites (tertiary alicyclic amines) is 1. The fourth-order valence-electron chi connectivity index (χ4n) is 5.83. The van der Waals surface area contributed by atoms with E-state index in [0.29, 0.717) is 5.56 Å². The van der Waals surface area contributed by atoms with Crippen LogP contribution in [-0.4, -0.2) is 42.0 Å². The molecular formula is C27H30N4OS. The Hall–Kier alpha value is -2.75. The third kappa shape index (κ3) is 3.94. The van der Waals surface area contributed by atoms with E-state index in [1.807, 2.05) is 48.5 Å². The molecule has 1 saturated carbocycles. The highest BCUT2D eigenvalue weighted by Gasteiger charge is 2.57. The van der Waals surface area contributed by atoms with Crippen LogP contribution in [0.3, 0.4) is 0 Å². The molecule has 2 aromatic rings. The average Bonchev–Trinajstić information content (AvgIpc) is 3.46. The molecule has 1 aliphatic carbocycles. The SMILES string of the molecule is COc1ccc(N=C2[C@@H](N3CCCC3)C3(CCCCC3)C(=S)N2c2ccc(C#N)cc2)cc1. The summed E-state index contributed by atoms with van der Waals surface area (Å²) >= 11 is 6.29. The van der Waals surface area contributed by atoms with Crippen LogP contribution in [0.25, 0.3) is 0 Å². The Morgan fingerprint density at radius 2 is 1.64 bits per heavy atom. The van der Waals surface area contributed by atoms with Crippen LogP contribution in [0.1, 0.15) is 50.5 Å². The number of benzene rings is 2. The van der Waals surface area contributed by atoms with Crippen molar-refractivity contribution in [3.05, 3.63) is 54.1 Å². The first kappa shape index (κ1) is 22.1. The molecule has 0 unspecified atom stereocenters. The summed E-state index contributed by atoms with van der Waals surface area (Å²) in [5, 5.41) is 9.29. The fraction of sp³-hybridized carbons (Fsp3) is 0.444. The van der Waals surface area contributed by atoms with Gasteiger partial charge in [-0.05, 0) is 87.3 Å². The van der Waals surface area contributed by atoms with Gasteiger partial charge in [0.05, 0.1) is 35.5 Å². The van der Waals surface area contributed by atoms with Crippen LogP contribution in [-0.2, 0) is 0 Å². The van der Waals surface area contributed by atoms with Gasteiger partial charge in [-0.3, -0.25) is 9.80 Å². The maximum absolute atomic E-state index is 9.29. The molecule has 6 heteroatoms. The Morgan fingerprint density at radius 3 is 2.24 bits per heavy atom. The number of rotatable bonds is 4. The lowest BCUT2D eigenvalue weighted by Crippen LogP contribution is -2.49. The number of hydrogen-bond donors (Lipinski definition) is 0.